The molecule has 2 aromatic carbocycles. The van der Waals surface area contributed by atoms with Gasteiger partial charge in [-0.2, -0.15) is 14.0 Å². The van der Waals surface area contributed by atoms with Gasteiger partial charge in [0.25, 0.3) is 0 Å². The molecule has 0 aliphatic heterocycles. The van der Waals surface area contributed by atoms with Crippen molar-refractivity contribution in [2.75, 3.05) is 4.72 Å². The lowest BCUT2D eigenvalue weighted by Crippen LogP contribution is -2.18. The summed E-state index contributed by atoms with van der Waals surface area (Å²) in [5.41, 5.74) is 3.08. The highest BCUT2D eigenvalue weighted by molar-refractivity contribution is 7.93. The van der Waals surface area contributed by atoms with Crippen LogP contribution in [-0.2, 0) is 10.0 Å². The maximum Gasteiger partial charge on any atom is 0.387 e. The normalized spacial score (nSPS) is 16.7. The highest BCUT2D eigenvalue weighted by Crippen LogP contribution is 2.43. The SMILES string of the molecule is N#Cc1c(-c2ccc(NS(=O)(=O)C3CC3)cc2)n(C2CCC2)c2cc(OC(F)F)ccc12. The molecule has 0 unspecified atom stereocenters. The molecule has 0 amide bonds. The molecule has 0 radical (unpaired) electrons. The number of ether oxygens (including phenoxy) is 1. The molecule has 5 rings (SSSR count). The van der Waals surface area contributed by atoms with E-state index in [0.717, 1.165) is 24.8 Å². The summed E-state index contributed by atoms with van der Waals surface area (Å²) in [4.78, 5) is 0. The Morgan fingerprint density at radius 2 is 1.81 bits per heavy atom. The van der Waals surface area contributed by atoms with Crippen LogP contribution in [0, 0.1) is 11.3 Å². The second-order valence-corrected chi connectivity index (χ2v) is 10.2. The molecule has 32 heavy (non-hydrogen) atoms. The molecule has 6 nitrogen and oxygen atoms in total. The lowest BCUT2D eigenvalue weighted by atomic mass is 9.92. The molecule has 0 atom stereocenters. The molecule has 1 heterocycles. The summed E-state index contributed by atoms with van der Waals surface area (Å²) >= 11 is 0. The van der Waals surface area contributed by atoms with Crippen molar-refractivity contribution in [3.8, 4) is 23.1 Å². The van der Waals surface area contributed by atoms with E-state index in [0.29, 0.717) is 40.7 Å². The highest BCUT2D eigenvalue weighted by atomic mass is 32.2. The van der Waals surface area contributed by atoms with E-state index in [1.807, 2.05) is 4.57 Å². The fourth-order valence-electron chi connectivity index (χ4n) is 4.21. The zero-order valence-electron chi connectivity index (χ0n) is 17.1. The Labute approximate surface area is 184 Å². The summed E-state index contributed by atoms with van der Waals surface area (Å²) in [5, 5.41) is 10.3. The molecule has 9 heteroatoms. The van der Waals surface area contributed by atoms with Gasteiger partial charge < -0.3 is 9.30 Å². The van der Waals surface area contributed by atoms with Crippen LogP contribution in [0.2, 0.25) is 0 Å². The number of rotatable bonds is 7. The Hall–Kier alpha value is -3.12. The third-order valence-electron chi connectivity index (χ3n) is 6.13. The second kappa shape index (κ2) is 7.78. The molecule has 2 aliphatic carbocycles. The number of hydrogen-bond donors (Lipinski definition) is 1. The van der Waals surface area contributed by atoms with Crippen LogP contribution >= 0.6 is 0 Å². The van der Waals surface area contributed by atoms with Gasteiger partial charge in [-0.1, -0.05) is 12.1 Å². The van der Waals surface area contributed by atoms with Gasteiger partial charge in [0.2, 0.25) is 10.0 Å². The molecular formula is C23H21F2N3O3S. The zero-order chi connectivity index (χ0) is 22.5. The maximum absolute atomic E-state index is 12.8. The number of alkyl halides is 2. The minimum Gasteiger partial charge on any atom is -0.435 e. The molecule has 1 aromatic heterocycles. The van der Waals surface area contributed by atoms with E-state index in [1.54, 1.807) is 36.4 Å². The molecule has 0 spiro atoms. The molecule has 2 saturated carbocycles. The lowest BCUT2D eigenvalue weighted by Gasteiger charge is -2.30. The van der Waals surface area contributed by atoms with E-state index in [-0.39, 0.29) is 17.0 Å². The number of aromatic nitrogens is 1. The molecule has 2 fully saturated rings. The van der Waals surface area contributed by atoms with Crippen LogP contribution in [0.15, 0.2) is 42.5 Å². The van der Waals surface area contributed by atoms with Crippen LogP contribution in [-0.4, -0.2) is 24.8 Å². The van der Waals surface area contributed by atoms with E-state index >= 15 is 0 Å². The molecular weight excluding hydrogens is 436 g/mol. The van der Waals surface area contributed by atoms with Gasteiger partial charge in [0.05, 0.1) is 22.0 Å². The fraction of sp³-hybridized carbons (Fsp3) is 0.348. The van der Waals surface area contributed by atoms with Crippen LogP contribution in [0.3, 0.4) is 0 Å². The highest BCUT2D eigenvalue weighted by Gasteiger charge is 2.35. The molecule has 1 N–H and O–H groups in total. The van der Waals surface area contributed by atoms with Crippen molar-refractivity contribution in [1.29, 1.82) is 5.26 Å². The summed E-state index contributed by atoms with van der Waals surface area (Å²) in [6, 6.07) is 14.0. The number of nitriles is 1. The number of halogens is 2. The lowest BCUT2D eigenvalue weighted by molar-refractivity contribution is -0.0497. The summed E-state index contributed by atoms with van der Waals surface area (Å²) in [7, 11) is -3.36. The molecule has 0 bridgehead atoms. The number of sulfonamides is 1. The molecule has 0 saturated heterocycles. The average Bonchev–Trinajstić information content (AvgIpc) is 3.52. The van der Waals surface area contributed by atoms with Crippen molar-refractivity contribution in [3.63, 3.8) is 0 Å². The number of fused-ring (bicyclic) bond motifs is 1. The standard InChI is InChI=1S/C23H21F2N3O3S/c24-23(25)31-17-8-11-19-20(13-26)22(28(21(19)12-17)16-2-1-3-16)14-4-6-15(7-5-14)27-32(29,30)18-9-10-18/h4-8,11-12,16,18,23,27H,1-3,9-10H2. The van der Waals surface area contributed by atoms with Gasteiger partial charge in [-0.15, -0.1) is 0 Å². The number of nitrogens with one attached hydrogen (secondary N) is 1. The van der Waals surface area contributed by atoms with Crippen LogP contribution in [0.5, 0.6) is 5.75 Å². The molecule has 3 aromatic rings. The first kappa shape index (κ1) is 20.8. The topological polar surface area (TPSA) is 84.1 Å². The van der Waals surface area contributed by atoms with Crippen molar-refractivity contribution in [2.24, 2.45) is 0 Å². The van der Waals surface area contributed by atoms with E-state index in [1.165, 1.54) is 6.07 Å². The van der Waals surface area contributed by atoms with Crippen LogP contribution in [0.25, 0.3) is 22.2 Å². The zero-order valence-corrected chi connectivity index (χ0v) is 17.9. The third kappa shape index (κ3) is 3.69. The van der Waals surface area contributed by atoms with Crippen molar-refractivity contribution in [2.45, 2.75) is 50.0 Å². The number of hydrogen-bond acceptors (Lipinski definition) is 4. The van der Waals surface area contributed by atoms with Crippen LogP contribution in [0.4, 0.5) is 14.5 Å². The average molecular weight is 458 g/mol. The Morgan fingerprint density at radius 1 is 1.09 bits per heavy atom. The van der Waals surface area contributed by atoms with Gasteiger partial charge in [0.15, 0.2) is 0 Å². The smallest absolute Gasteiger partial charge is 0.387 e. The van der Waals surface area contributed by atoms with Crippen molar-refractivity contribution in [3.05, 3.63) is 48.0 Å². The van der Waals surface area contributed by atoms with E-state index < -0.39 is 16.6 Å². The molecule has 2 aliphatic rings. The van der Waals surface area contributed by atoms with Crippen LogP contribution in [0.1, 0.15) is 43.7 Å². The van der Waals surface area contributed by atoms with Gasteiger partial charge >= 0.3 is 6.61 Å². The van der Waals surface area contributed by atoms with Gasteiger partial charge in [-0.3, -0.25) is 4.72 Å². The van der Waals surface area contributed by atoms with Gasteiger partial charge in [-0.05, 0) is 61.9 Å². The Bertz CT molecular complexity index is 1320. The monoisotopic (exact) mass is 457 g/mol. The quantitative estimate of drug-likeness (QED) is 0.514. The Morgan fingerprint density at radius 3 is 2.38 bits per heavy atom. The van der Waals surface area contributed by atoms with Crippen LogP contribution < -0.4 is 9.46 Å². The number of anilines is 1. The van der Waals surface area contributed by atoms with Gasteiger partial charge in [0.1, 0.15) is 11.8 Å². The molecule has 166 valence electrons. The van der Waals surface area contributed by atoms with E-state index in [9.17, 15) is 22.5 Å². The maximum atomic E-state index is 12.8. The number of benzene rings is 2. The first-order valence-corrected chi connectivity index (χ1v) is 12.1. The third-order valence-corrected chi connectivity index (χ3v) is 8.00. The minimum absolute atomic E-state index is 0.0476. The fourth-order valence-corrected chi connectivity index (χ4v) is 5.60. The Balaban J connectivity index is 1.60. The summed E-state index contributed by atoms with van der Waals surface area (Å²) in [6.07, 6.45) is 4.28. The summed E-state index contributed by atoms with van der Waals surface area (Å²) in [6.45, 7) is -2.93. The van der Waals surface area contributed by atoms with Crippen molar-refractivity contribution < 1.29 is 21.9 Å². The van der Waals surface area contributed by atoms with Crippen molar-refractivity contribution >= 4 is 26.6 Å². The van der Waals surface area contributed by atoms with E-state index in [4.69, 9.17) is 0 Å². The predicted octanol–water partition coefficient (Wildman–Crippen LogP) is 5.41. The first-order valence-electron chi connectivity index (χ1n) is 10.5. The second-order valence-electron chi connectivity index (χ2n) is 8.27. The van der Waals surface area contributed by atoms with Gasteiger partial charge in [-0.25, -0.2) is 8.42 Å². The minimum atomic E-state index is -3.36. The van der Waals surface area contributed by atoms with Crippen molar-refractivity contribution in [1.82, 2.24) is 4.57 Å². The summed E-state index contributed by atoms with van der Waals surface area (Å²) < 4.78 is 59.2. The summed E-state index contributed by atoms with van der Waals surface area (Å²) in [5.74, 6) is 0.0476. The Kier molecular flexibility index (Phi) is 5.05. The predicted molar refractivity (Wildman–Crippen MR) is 117 cm³/mol. The number of nitrogens with zero attached hydrogens (tertiary/aromatic N) is 2. The first-order chi connectivity index (χ1) is 15.4. The largest absolute Gasteiger partial charge is 0.435 e. The van der Waals surface area contributed by atoms with E-state index in [2.05, 4.69) is 15.5 Å². The van der Waals surface area contributed by atoms with Gasteiger partial charge in [0, 0.05) is 23.2 Å².